The van der Waals surface area contributed by atoms with Crippen molar-refractivity contribution in [3.63, 3.8) is 0 Å². The van der Waals surface area contributed by atoms with E-state index in [0.29, 0.717) is 11.1 Å². The van der Waals surface area contributed by atoms with Crippen LogP contribution in [0.5, 0.6) is 0 Å². The summed E-state index contributed by atoms with van der Waals surface area (Å²) in [6.45, 7) is 6.35. The monoisotopic (exact) mass is 272 g/mol. The summed E-state index contributed by atoms with van der Waals surface area (Å²) in [5.41, 5.74) is 1.16. The second-order valence-corrected chi connectivity index (χ2v) is 5.32. The number of hydrogen-bond acceptors (Lipinski definition) is 2. The van der Waals surface area contributed by atoms with Gasteiger partial charge in [-0.1, -0.05) is 36.2 Å². The van der Waals surface area contributed by atoms with E-state index >= 15 is 0 Å². The van der Waals surface area contributed by atoms with Gasteiger partial charge in [0.05, 0.1) is 0 Å². The van der Waals surface area contributed by atoms with E-state index in [1.807, 2.05) is 18.2 Å². The highest BCUT2D eigenvalue weighted by Gasteiger charge is 2.20. The molecule has 0 amide bonds. The highest BCUT2D eigenvalue weighted by atomic mass is 35.5. The molecule has 0 aliphatic carbocycles. The SMILES string of the molecule is CCC1CNCCN1Cc1ccc(Cl)cc1Cl. The van der Waals surface area contributed by atoms with E-state index in [9.17, 15) is 0 Å². The molecule has 0 saturated carbocycles. The fourth-order valence-electron chi connectivity index (χ4n) is 2.28. The molecule has 0 radical (unpaired) electrons. The largest absolute Gasteiger partial charge is 0.314 e. The third-order valence-corrected chi connectivity index (χ3v) is 3.92. The Labute approximate surface area is 113 Å². The summed E-state index contributed by atoms with van der Waals surface area (Å²) in [4.78, 5) is 2.49. The molecule has 1 aromatic carbocycles. The molecule has 1 aliphatic heterocycles. The quantitative estimate of drug-likeness (QED) is 0.910. The van der Waals surface area contributed by atoms with E-state index in [-0.39, 0.29) is 0 Å². The normalized spacial score (nSPS) is 21.7. The average Bonchev–Trinajstić information content (AvgIpc) is 2.33. The van der Waals surface area contributed by atoms with Crippen LogP contribution in [0.3, 0.4) is 0 Å². The molecule has 94 valence electrons. The van der Waals surface area contributed by atoms with Crippen molar-refractivity contribution in [2.24, 2.45) is 0 Å². The highest BCUT2D eigenvalue weighted by Crippen LogP contribution is 2.23. The van der Waals surface area contributed by atoms with Crippen LogP contribution in [-0.4, -0.2) is 30.6 Å². The Morgan fingerprint density at radius 2 is 2.24 bits per heavy atom. The van der Waals surface area contributed by atoms with Gasteiger partial charge in [-0.3, -0.25) is 4.90 Å². The number of nitrogens with zero attached hydrogens (tertiary/aromatic N) is 1. The third-order valence-electron chi connectivity index (χ3n) is 3.33. The first-order valence-corrected chi connectivity index (χ1v) is 6.85. The van der Waals surface area contributed by atoms with Crippen LogP contribution in [0.25, 0.3) is 0 Å². The first-order chi connectivity index (χ1) is 8.20. The molecule has 1 heterocycles. The maximum Gasteiger partial charge on any atom is 0.0465 e. The second kappa shape index (κ2) is 6.05. The molecule has 1 aliphatic rings. The molecule has 0 bridgehead atoms. The Morgan fingerprint density at radius 3 is 2.94 bits per heavy atom. The molecule has 17 heavy (non-hydrogen) atoms. The number of benzene rings is 1. The molecule has 1 aromatic rings. The summed E-state index contributed by atoms with van der Waals surface area (Å²) < 4.78 is 0. The minimum absolute atomic E-state index is 0.607. The third kappa shape index (κ3) is 3.35. The van der Waals surface area contributed by atoms with Gasteiger partial charge in [0.1, 0.15) is 0 Å². The van der Waals surface area contributed by atoms with Crippen LogP contribution in [0.4, 0.5) is 0 Å². The summed E-state index contributed by atoms with van der Waals surface area (Å²) in [6.07, 6.45) is 1.16. The van der Waals surface area contributed by atoms with Gasteiger partial charge in [0, 0.05) is 42.3 Å². The van der Waals surface area contributed by atoms with Crippen molar-refractivity contribution < 1.29 is 0 Å². The van der Waals surface area contributed by atoms with Crippen LogP contribution in [0.1, 0.15) is 18.9 Å². The Hall–Kier alpha value is -0.280. The summed E-state index contributed by atoms with van der Waals surface area (Å²) in [5.74, 6) is 0. The molecule has 1 unspecified atom stereocenters. The lowest BCUT2D eigenvalue weighted by Gasteiger charge is -2.35. The molecule has 2 nitrogen and oxygen atoms in total. The molecular weight excluding hydrogens is 255 g/mol. The van der Waals surface area contributed by atoms with Crippen molar-refractivity contribution in [3.05, 3.63) is 33.8 Å². The zero-order valence-electron chi connectivity index (χ0n) is 10.0. The van der Waals surface area contributed by atoms with Gasteiger partial charge in [-0.2, -0.15) is 0 Å². The van der Waals surface area contributed by atoms with Crippen LogP contribution < -0.4 is 5.32 Å². The maximum atomic E-state index is 6.21. The Kier molecular flexibility index (Phi) is 4.69. The summed E-state index contributed by atoms with van der Waals surface area (Å²) in [5, 5.41) is 4.90. The number of piperazine rings is 1. The van der Waals surface area contributed by atoms with Gasteiger partial charge in [0.2, 0.25) is 0 Å². The fraction of sp³-hybridized carbons (Fsp3) is 0.538. The predicted octanol–water partition coefficient (Wildman–Crippen LogP) is 3.18. The summed E-state index contributed by atoms with van der Waals surface area (Å²) in [6, 6.07) is 6.36. The number of halogens is 2. The van der Waals surface area contributed by atoms with E-state index in [4.69, 9.17) is 23.2 Å². The van der Waals surface area contributed by atoms with E-state index in [1.165, 1.54) is 0 Å². The first kappa shape index (κ1) is 13.2. The first-order valence-electron chi connectivity index (χ1n) is 6.09. The lowest BCUT2D eigenvalue weighted by molar-refractivity contribution is 0.149. The van der Waals surface area contributed by atoms with Crippen molar-refractivity contribution in [1.82, 2.24) is 10.2 Å². The molecule has 0 spiro atoms. The lowest BCUT2D eigenvalue weighted by Crippen LogP contribution is -2.50. The van der Waals surface area contributed by atoms with E-state index in [1.54, 1.807) is 0 Å². The molecule has 1 N–H and O–H groups in total. The van der Waals surface area contributed by atoms with Gasteiger partial charge in [0.25, 0.3) is 0 Å². The predicted molar refractivity (Wildman–Crippen MR) is 73.8 cm³/mol. The molecule has 1 atom stereocenters. The van der Waals surface area contributed by atoms with E-state index in [2.05, 4.69) is 17.1 Å². The van der Waals surface area contributed by atoms with Gasteiger partial charge < -0.3 is 5.32 Å². The van der Waals surface area contributed by atoms with E-state index in [0.717, 1.165) is 43.2 Å². The van der Waals surface area contributed by atoms with Crippen LogP contribution in [0.2, 0.25) is 10.0 Å². The van der Waals surface area contributed by atoms with Gasteiger partial charge in [-0.05, 0) is 24.1 Å². The second-order valence-electron chi connectivity index (χ2n) is 4.47. The van der Waals surface area contributed by atoms with Crippen molar-refractivity contribution in [3.8, 4) is 0 Å². The van der Waals surface area contributed by atoms with Crippen LogP contribution >= 0.6 is 23.2 Å². The van der Waals surface area contributed by atoms with Gasteiger partial charge in [0.15, 0.2) is 0 Å². The molecule has 2 rings (SSSR count). The van der Waals surface area contributed by atoms with Gasteiger partial charge in [-0.15, -0.1) is 0 Å². The minimum atomic E-state index is 0.607. The smallest absolute Gasteiger partial charge is 0.0465 e. The van der Waals surface area contributed by atoms with Gasteiger partial charge >= 0.3 is 0 Å². The Morgan fingerprint density at radius 1 is 1.41 bits per heavy atom. The molecular formula is C13H18Cl2N2. The topological polar surface area (TPSA) is 15.3 Å². The zero-order valence-corrected chi connectivity index (χ0v) is 11.6. The Balaban J connectivity index is 2.08. The highest BCUT2D eigenvalue weighted by molar-refractivity contribution is 6.35. The zero-order chi connectivity index (χ0) is 12.3. The van der Waals surface area contributed by atoms with Crippen molar-refractivity contribution in [2.75, 3.05) is 19.6 Å². The summed E-state index contributed by atoms with van der Waals surface area (Å²) in [7, 11) is 0. The number of hydrogen-bond donors (Lipinski definition) is 1. The van der Waals surface area contributed by atoms with E-state index < -0.39 is 0 Å². The van der Waals surface area contributed by atoms with Crippen LogP contribution in [0.15, 0.2) is 18.2 Å². The number of nitrogens with one attached hydrogen (secondary N) is 1. The van der Waals surface area contributed by atoms with Crippen molar-refractivity contribution >= 4 is 23.2 Å². The van der Waals surface area contributed by atoms with Crippen LogP contribution in [-0.2, 0) is 6.54 Å². The fourth-order valence-corrected chi connectivity index (χ4v) is 2.75. The minimum Gasteiger partial charge on any atom is -0.314 e. The maximum absolute atomic E-state index is 6.21. The van der Waals surface area contributed by atoms with Crippen molar-refractivity contribution in [2.45, 2.75) is 25.9 Å². The van der Waals surface area contributed by atoms with Gasteiger partial charge in [-0.25, -0.2) is 0 Å². The Bertz CT molecular complexity index is 382. The number of rotatable bonds is 3. The molecule has 1 saturated heterocycles. The average molecular weight is 273 g/mol. The molecule has 1 fully saturated rings. The summed E-state index contributed by atoms with van der Waals surface area (Å²) >= 11 is 12.1. The van der Waals surface area contributed by atoms with Crippen molar-refractivity contribution in [1.29, 1.82) is 0 Å². The van der Waals surface area contributed by atoms with Crippen LogP contribution in [0, 0.1) is 0 Å². The molecule has 4 heteroatoms. The lowest BCUT2D eigenvalue weighted by atomic mass is 10.1. The molecule has 0 aromatic heterocycles. The standard InChI is InChI=1S/C13H18Cl2N2/c1-2-12-8-16-5-6-17(12)9-10-3-4-11(14)7-13(10)15/h3-4,7,12,16H,2,5-6,8-9H2,1H3.